The quantitative estimate of drug-likeness (QED) is 0.819. The van der Waals surface area contributed by atoms with Crippen molar-refractivity contribution < 1.29 is 0 Å². The van der Waals surface area contributed by atoms with Crippen LogP contribution in [0, 0.1) is 0 Å². The van der Waals surface area contributed by atoms with E-state index in [0.29, 0.717) is 0 Å². The normalized spacial score (nSPS) is 15.0. The number of aromatic amines is 1. The maximum Gasteiger partial charge on any atom is 0.0726 e. The molecule has 1 aromatic heterocycles. The van der Waals surface area contributed by atoms with Crippen molar-refractivity contribution >= 4 is 5.69 Å². The zero-order chi connectivity index (χ0) is 10.8. The van der Waals surface area contributed by atoms with Crippen LogP contribution in [0.4, 0.5) is 5.69 Å². The average molecular weight is 213 g/mol. The molecule has 1 fully saturated rings. The van der Waals surface area contributed by atoms with Crippen LogP contribution >= 0.6 is 0 Å². The molecule has 3 heteroatoms. The fourth-order valence-electron chi connectivity index (χ4n) is 1.93. The predicted octanol–water partition coefficient (Wildman–Crippen LogP) is 2.90. The molecule has 0 spiro atoms. The van der Waals surface area contributed by atoms with E-state index in [0.717, 1.165) is 18.2 Å². The van der Waals surface area contributed by atoms with E-state index in [4.69, 9.17) is 0 Å². The minimum atomic E-state index is 0.828. The molecule has 82 valence electrons. The molecule has 0 radical (unpaired) electrons. The minimum Gasteiger partial charge on any atom is -0.378 e. The van der Waals surface area contributed by atoms with Crippen molar-refractivity contribution in [2.24, 2.45) is 0 Å². The van der Waals surface area contributed by atoms with Gasteiger partial charge < -0.3 is 5.32 Å². The second kappa shape index (κ2) is 4.00. The van der Waals surface area contributed by atoms with Gasteiger partial charge in [-0.1, -0.05) is 24.3 Å². The highest BCUT2D eigenvalue weighted by Gasteiger charge is 2.23. The van der Waals surface area contributed by atoms with Crippen molar-refractivity contribution in [1.82, 2.24) is 10.2 Å². The molecule has 2 aromatic rings. The van der Waals surface area contributed by atoms with Gasteiger partial charge in [0.05, 0.1) is 11.9 Å². The van der Waals surface area contributed by atoms with E-state index in [2.05, 4.69) is 39.8 Å². The number of nitrogens with one attached hydrogen (secondary N) is 2. The number of benzene rings is 1. The highest BCUT2D eigenvalue weighted by atomic mass is 15.1. The first-order valence-electron chi connectivity index (χ1n) is 5.73. The molecule has 16 heavy (non-hydrogen) atoms. The van der Waals surface area contributed by atoms with Gasteiger partial charge in [0.1, 0.15) is 0 Å². The van der Waals surface area contributed by atoms with E-state index in [-0.39, 0.29) is 0 Å². The van der Waals surface area contributed by atoms with Gasteiger partial charge >= 0.3 is 0 Å². The summed E-state index contributed by atoms with van der Waals surface area (Å²) in [7, 11) is 0. The summed E-state index contributed by atoms with van der Waals surface area (Å²) in [5, 5.41) is 10.0. The molecular formula is C13H15N3. The van der Waals surface area contributed by atoms with Crippen LogP contribution in [0.3, 0.4) is 0 Å². The number of aromatic nitrogens is 2. The summed E-state index contributed by atoms with van der Waals surface area (Å²) >= 11 is 0. The van der Waals surface area contributed by atoms with Crippen molar-refractivity contribution in [3.63, 3.8) is 0 Å². The summed E-state index contributed by atoms with van der Waals surface area (Å²) in [4.78, 5) is 0. The van der Waals surface area contributed by atoms with Crippen LogP contribution in [0.15, 0.2) is 36.7 Å². The smallest absolute Gasteiger partial charge is 0.0726 e. The van der Waals surface area contributed by atoms with Crippen molar-refractivity contribution in [1.29, 1.82) is 0 Å². The molecular weight excluding hydrogens is 198 g/mol. The maximum absolute atomic E-state index is 3.90. The molecule has 0 unspecified atom stereocenters. The van der Waals surface area contributed by atoms with Gasteiger partial charge in [0.15, 0.2) is 0 Å². The van der Waals surface area contributed by atoms with Gasteiger partial charge in [-0.2, -0.15) is 5.10 Å². The molecule has 3 rings (SSSR count). The lowest BCUT2D eigenvalue weighted by Gasteiger charge is -2.05. The predicted molar refractivity (Wildman–Crippen MR) is 64.3 cm³/mol. The fraction of sp³-hybridized carbons (Fsp3) is 0.308. The zero-order valence-corrected chi connectivity index (χ0v) is 9.11. The van der Waals surface area contributed by atoms with Crippen LogP contribution in [0.5, 0.6) is 0 Å². The summed E-state index contributed by atoms with van der Waals surface area (Å²) in [5.74, 6) is 0.828. The molecule has 1 aliphatic rings. The highest BCUT2D eigenvalue weighted by Crippen LogP contribution is 2.40. The third kappa shape index (κ3) is 2.08. The topological polar surface area (TPSA) is 40.7 Å². The van der Waals surface area contributed by atoms with Crippen molar-refractivity contribution in [2.45, 2.75) is 25.3 Å². The Bertz CT molecular complexity index is 458. The average Bonchev–Trinajstić information content (AvgIpc) is 3.05. The molecule has 0 aliphatic heterocycles. The largest absolute Gasteiger partial charge is 0.378 e. The fourth-order valence-corrected chi connectivity index (χ4v) is 1.93. The molecule has 2 N–H and O–H groups in total. The summed E-state index contributed by atoms with van der Waals surface area (Å²) < 4.78 is 0. The van der Waals surface area contributed by atoms with Crippen molar-refractivity contribution in [3.05, 3.63) is 47.8 Å². The standard InChI is InChI=1S/C13H15N3/c1-2-10(6-12(3-1)11-4-5-11)7-14-13-8-15-16-9-13/h1-3,6,8-9,11,14H,4-5,7H2,(H,15,16). The second-order valence-corrected chi connectivity index (χ2v) is 4.36. The van der Waals surface area contributed by atoms with Gasteiger partial charge in [-0.3, -0.25) is 5.10 Å². The molecule has 0 bridgehead atoms. The maximum atomic E-state index is 3.90. The monoisotopic (exact) mass is 213 g/mol. The molecule has 1 aromatic carbocycles. The number of H-pyrrole nitrogens is 1. The molecule has 1 aliphatic carbocycles. The molecule has 0 atom stereocenters. The second-order valence-electron chi connectivity index (χ2n) is 4.36. The Balaban J connectivity index is 1.67. The number of hydrogen-bond donors (Lipinski definition) is 2. The molecule has 0 saturated heterocycles. The first-order chi connectivity index (χ1) is 7.92. The van der Waals surface area contributed by atoms with Gasteiger partial charge in [-0.25, -0.2) is 0 Å². The van der Waals surface area contributed by atoms with Gasteiger partial charge in [0.2, 0.25) is 0 Å². The van der Waals surface area contributed by atoms with E-state index in [9.17, 15) is 0 Å². The van der Waals surface area contributed by atoms with E-state index in [1.165, 1.54) is 24.0 Å². The van der Waals surface area contributed by atoms with E-state index in [1.54, 1.807) is 6.20 Å². The van der Waals surface area contributed by atoms with Crippen LogP contribution in [0.1, 0.15) is 29.9 Å². The third-order valence-electron chi connectivity index (χ3n) is 2.99. The number of rotatable bonds is 4. The Kier molecular flexibility index (Phi) is 2.37. The lowest BCUT2D eigenvalue weighted by atomic mass is 10.1. The Hall–Kier alpha value is -1.77. The minimum absolute atomic E-state index is 0.828. The van der Waals surface area contributed by atoms with Crippen LogP contribution in [-0.2, 0) is 6.54 Å². The van der Waals surface area contributed by atoms with Gasteiger partial charge in [0, 0.05) is 12.7 Å². The summed E-state index contributed by atoms with van der Waals surface area (Å²) in [6.45, 7) is 0.861. The summed E-state index contributed by atoms with van der Waals surface area (Å²) in [6, 6.07) is 8.86. The zero-order valence-electron chi connectivity index (χ0n) is 9.11. The third-order valence-corrected chi connectivity index (χ3v) is 2.99. The lowest BCUT2D eigenvalue weighted by molar-refractivity contribution is 1.09. The van der Waals surface area contributed by atoms with Crippen molar-refractivity contribution in [3.8, 4) is 0 Å². The van der Waals surface area contributed by atoms with Gasteiger partial charge in [0.25, 0.3) is 0 Å². The van der Waals surface area contributed by atoms with E-state index >= 15 is 0 Å². The first kappa shape index (κ1) is 9.46. The van der Waals surface area contributed by atoms with Crippen LogP contribution in [0.2, 0.25) is 0 Å². The van der Waals surface area contributed by atoms with E-state index in [1.807, 2.05) is 6.20 Å². The Morgan fingerprint density at radius 3 is 3.06 bits per heavy atom. The highest BCUT2D eigenvalue weighted by molar-refractivity contribution is 5.39. The van der Waals surface area contributed by atoms with Gasteiger partial charge in [-0.15, -0.1) is 0 Å². The van der Waals surface area contributed by atoms with Crippen molar-refractivity contribution in [2.75, 3.05) is 5.32 Å². The number of anilines is 1. The van der Waals surface area contributed by atoms with Crippen LogP contribution < -0.4 is 5.32 Å². The Morgan fingerprint density at radius 1 is 1.38 bits per heavy atom. The SMILES string of the molecule is c1cc(CNc2cn[nH]c2)cc(C2CC2)c1. The Morgan fingerprint density at radius 2 is 2.31 bits per heavy atom. The molecule has 0 amide bonds. The molecule has 3 nitrogen and oxygen atoms in total. The Labute approximate surface area is 94.9 Å². The molecule has 1 heterocycles. The first-order valence-corrected chi connectivity index (χ1v) is 5.73. The number of hydrogen-bond acceptors (Lipinski definition) is 2. The lowest BCUT2D eigenvalue weighted by Crippen LogP contribution is -1.98. The molecule has 1 saturated carbocycles. The van der Waals surface area contributed by atoms with Gasteiger partial charge in [-0.05, 0) is 29.9 Å². The van der Waals surface area contributed by atoms with E-state index < -0.39 is 0 Å². The summed E-state index contributed by atoms with van der Waals surface area (Å²) in [6.07, 6.45) is 6.38. The number of nitrogens with zero attached hydrogens (tertiary/aromatic N) is 1. The van der Waals surface area contributed by atoms with Crippen LogP contribution in [0.25, 0.3) is 0 Å². The van der Waals surface area contributed by atoms with Crippen LogP contribution in [-0.4, -0.2) is 10.2 Å². The summed E-state index contributed by atoms with van der Waals surface area (Å²) in [5.41, 5.74) is 3.87.